The van der Waals surface area contributed by atoms with E-state index in [0.29, 0.717) is 22.2 Å². The van der Waals surface area contributed by atoms with E-state index in [9.17, 15) is 8.42 Å². The molecule has 4 rings (SSSR count). The molecule has 0 spiro atoms. The molecular weight excluding hydrogens is 370 g/mol. The zero-order valence-corrected chi connectivity index (χ0v) is 15.7. The Kier molecular flexibility index (Phi) is 3.97. The average molecular weight is 385 g/mol. The summed E-state index contributed by atoms with van der Waals surface area (Å²) in [6.07, 6.45) is 1.51. The minimum absolute atomic E-state index is 0.215. The number of aromatic nitrogens is 3. The number of benzene rings is 2. The lowest BCUT2D eigenvalue weighted by Crippen LogP contribution is -2.14. The minimum atomic E-state index is -3.81. The maximum Gasteiger partial charge on any atom is 0.262 e. The summed E-state index contributed by atoms with van der Waals surface area (Å²) in [5.74, 6) is 0. The topological polar surface area (TPSA) is 88.1 Å². The minimum Gasteiger partial charge on any atom is -0.377 e. The van der Waals surface area contributed by atoms with Gasteiger partial charge in [-0.05, 0) is 18.2 Å². The van der Waals surface area contributed by atoms with E-state index in [2.05, 4.69) is 18.5 Å². The molecule has 1 N–H and O–H groups in total. The SMILES string of the molecule is CN(C)c1cccc2c(S(=O)(=O)Nc3ccnc4nsnc34)cccc12. The van der Waals surface area contributed by atoms with Gasteiger partial charge in [-0.2, -0.15) is 8.75 Å². The lowest BCUT2D eigenvalue weighted by Gasteiger charge is -2.17. The molecule has 9 heteroatoms. The Morgan fingerprint density at radius 2 is 1.77 bits per heavy atom. The van der Waals surface area contributed by atoms with Gasteiger partial charge in [-0.1, -0.05) is 24.3 Å². The predicted octanol–water partition coefficient (Wildman–Crippen LogP) is 3.11. The third-order valence-corrected chi connectivity index (χ3v) is 5.98. The fourth-order valence-corrected chi connectivity index (χ4v) is 4.67. The summed E-state index contributed by atoms with van der Waals surface area (Å²) < 4.78 is 36.9. The van der Waals surface area contributed by atoms with Gasteiger partial charge in [0.15, 0.2) is 5.65 Å². The molecule has 0 saturated heterocycles. The third kappa shape index (κ3) is 2.74. The van der Waals surface area contributed by atoms with Crippen LogP contribution in [-0.2, 0) is 10.0 Å². The number of hydrogen-bond donors (Lipinski definition) is 1. The molecule has 2 aromatic heterocycles. The van der Waals surface area contributed by atoms with Crippen molar-refractivity contribution in [3.63, 3.8) is 0 Å². The Labute approximate surface area is 154 Å². The van der Waals surface area contributed by atoms with E-state index in [1.165, 1.54) is 6.20 Å². The maximum atomic E-state index is 13.1. The van der Waals surface area contributed by atoms with Crippen molar-refractivity contribution in [3.8, 4) is 0 Å². The van der Waals surface area contributed by atoms with Crippen LogP contribution in [0.4, 0.5) is 11.4 Å². The summed E-state index contributed by atoms with van der Waals surface area (Å²) in [6.45, 7) is 0. The molecular formula is C17H15N5O2S2. The Balaban J connectivity index is 1.86. The summed E-state index contributed by atoms with van der Waals surface area (Å²) in [5, 5.41) is 1.53. The number of anilines is 2. The normalized spacial score (nSPS) is 11.8. The summed E-state index contributed by atoms with van der Waals surface area (Å²) in [6, 6.07) is 12.5. The van der Waals surface area contributed by atoms with Crippen molar-refractivity contribution < 1.29 is 8.42 Å². The fourth-order valence-electron chi connectivity index (χ4n) is 2.87. The second-order valence-electron chi connectivity index (χ2n) is 5.92. The van der Waals surface area contributed by atoms with E-state index >= 15 is 0 Å². The lowest BCUT2D eigenvalue weighted by atomic mass is 10.1. The maximum absolute atomic E-state index is 13.1. The van der Waals surface area contributed by atoms with Gasteiger partial charge >= 0.3 is 0 Å². The van der Waals surface area contributed by atoms with Crippen LogP contribution >= 0.6 is 11.7 Å². The molecule has 132 valence electrons. The van der Waals surface area contributed by atoms with Gasteiger partial charge in [-0.3, -0.25) is 4.72 Å². The molecule has 26 heavy (non-hydrogen) atoms. The van der Waals surface area contributed by atoms with Crippen LogP contribution in [0.15, 0.2) is 53.6 Å². The number of sulfonamides is 1. The zero-order chi connectivity index (χ0) is 18.3. The van der Waals surface area contributed by atoms with Gasteiger partial charge in [0.1, 0.15) is 5.52 Å². The highest BCUT2D eigenvalue weighted by atomic mass is 32.2. The molecule has 7 nitrogen and oxygen atoms in total. The van der Waals surface area contributed by atoms with Gasteiger partial charge in [0, 0.05) is 36.8 Å². The Morgan fingerprint density at radius 3 is 2.58 bits per heavy atom. The van der Waals surface area contributed by atoms with Crippen molar-refractivity contribution in [2.75, 3.05) is 23.7 Å². The van der Waals surface area contributed by atoms with Crippen LogP contribution in [0.3, 0.4) is 0 Å². The lowest BCUT2D eigenvalue weighted by molar-refractivity contribution is 0.602. The third-order valence-electron chi connectivity index (χ3n) is 4.04. The Hall–Kier alpha value is -2.78. The summed E-state index contributed by atoms with van der Waals surface area (Å²) in [5.41, 5.74) is 2.18. The van der Waals surface area contributed by atoms with Crippen molar-refractivity contribution in [1.29, 1.82) is 0 Å². The van der Waals surface area contributed by atoms with Crippen LogP contribution in [-0.4, -0.2) is 36.2 Å². The van der Waals surface area contributed by atoms with Crippen LogP contribution in [0, 0.1) is 0 Å². The molecule has 0 aliphatic heterocycles. The number of pyridine rings is 1. The summed E-state index contributed by atoms with van der Waals surface area (Å²) >= 11 is 0.994. The largest absolute Gasteiger partial charge is 0.377 e. The molecule has 0 unspecified atom stereocenters. The Morgan fingerprint density at radius 1 is 1.00 bits per heavy atom. The predicted molar refractivity (Wildman–Crippen MR) is 104 cm³/mol. The molecule has 0 fully saturated rings. The second kappa shape index (κ2) is 6.19. The van der Waals surface area contributed by atoms with Crippen molar-refractivity contribution in [1.82, 2.24) is 13.7 Å². The number of hydrogen-bond acceptors (Lipinski definition) is 7. The molecule has 0 aliphatic carbocycles. The van der Waals surface area contributed by atoms with E-state index in [-0.39, 0.29) is 4.90 Å². The average Bonchev–Trinajstić information content (AvgIpc) is 3.10. The quantitative estimate of drug-likeness (QED) is 0.581. The molecule has 0 atom stereocenters. The summed E-state index contributed by atoms with van der Waals surface area (Å²) in [4.78, 5) is 6.25. The van der Waals surface area contributed by atoms with Crippen LogP contribution in [0.2, 0.25) is 0 Å². The van der Waals surface area contributed by atoms with E-state index < -0.39 is 10.0 Å². The van der Waals surface area contributed by atoms with Crippen molar-refractivity contribution in [3.05, 3.63) is 48.7 Å². The first-order valence-electron chi connectivity index (χ1n) is 7.76. The monoisotopic (exact) mass is 385 g/mol. The van der Waals surface area contributed by atoms with Crippen molar-refractivity contribution in [2.45, 2.75) is 4.90 Å². The van der Waals surface area contributed by atoms with E-state index in [1.807, 2.05) is 43.3 Å². The molecule has 2 heterocycles. The molecule has 0 bridgehead atoms. The molecule has 0 amide bonds. The second-order valence-corrected chi connectivity index (χ2v) is 8.10. The van der Waals surface area contributed by atoms with Gasteiger partial charge in [0.2, 0.25) is 0 Å². The highest BCUT2D eigenvalue weighted by molar-refractivity contribution is 7.93. The van der Waals surface area contributed by atoms with Gasteiger partial charge in [0.25, 0.3) is 10.0 Å². The van der Waals surface area contributed by atoms with Gasteiger partial charge in [-0.25, -0.2) is 13.4 Å². The van der Waals surface area contributed by atoms with Crippen LogP contribution in [0.1, 0.15) is 0 Å². The molecule has 2 aromatic carbocycles. The molecule has 0 saturated carbocycles. The summed E-state index contributed by atoms with van der Waals surface area (Å²) in [7, 11) is 0.0442. The highest BCUT2D eigenvalue weighted by Crippen LogP contribution is 2.31. The Bertz CT molecular complexity index is 1220. The molecule has 0 aliphatic rings. The van der Waals surface area contributed by atoms with Crippen molar-refractivity contribution >= 4 is 55.1 Å². The van der Waals surface area contributed by atoms with E-state index in [0.717, 1.165) is 22.8 Å². The number of nitrogens with one attached hydrogen (secondary N) is 1. The van der Waals surface area contributed by atoms with Gasteiger partial charge < -0.3 is 4.90 Å². The van der Waals surface area contributed by atoms with E-state index in [4.69, 9.17) is 0 Å². The molecule has 0 radical (unpaired) electrons. The number of fused-ring (bicyclic) bond motifs is 2. The fraction of sp³-hybridized carbons (Fsp3) is 0.118. The molecule has 4 aromatic rings. The van der Waals surface area contributed by atoms with Crippen molar-refractivity contribution in [2.24, 2.45) is 0 Å². The first-order chi connectivity index (χ1) is 12.5. The highest BCUT2D eigenvalue weighted by Gasteiger charge is 2.20. The van der Waals surface area contributed by atoms with E-state index in [1.54, 1.807) is 18.2 Å². The smallest absolute Gasteiger partial charge is 0.262 e. The zero-order valence-electron chi connectivity index (χ0n) is 14.0. The number of nitrogens with zero attached hydrogens (tertiary/aromatic N) is 4. The standard InChI is InChI=1S/C17H15N5O2S2/c1-22(2)14-7-3-6-12-11(14)5-4-8-15(12)26(23,24)21-13-9-10-18-17-16(13)19-25-20-17/h3-10,21H,1-2H3. The van der Waals surface area contributed by atoms with Gasteiger partial charge in [0.05, 0.1) is 22.3 Å². The van der Waals surface area contributed by atoms with Crippen LogP contribution < -0.4 is 9.62 Å². The number of rotatable bonds is 4. The van der Waals surface area contributed by atoms with Gasteiger partial charge in [-0.15, -0.1) is 0 Å². The van der Waals surface area contributed by atoms with Crippen LogP contribution in [0.25, 0.3) is 21.9 Å². The van der Waals surface area contributed by atoms with Crippen LogP contribution in [0.5, 0.6) is 0 Å². The first-order valence-corrected chi connectivity index (χ1v) is 9.98. The first kappa shape index (κ1) is 16.7.